The van der Waals surface area contributed by atoms with Crippen molar-refractivity contribution in [3.63, 3.8) is 0 Å². The van der Waals surface area contributed by atoms with Crippen LogP contribution in [0.4, 0.5) is 40.8 Å². The SMILES string of the molecule is COc1c(F)ccc2c1C(C)(C)CC(O)(C(F)(F)C(F)(F)F)C2Nc1cc(F)c(F)c2nc(C)ncc12. The van der Waals surface area contributed by atoms with E-state index in [1.165, 1.54) is 20.8 Å². The summed E-state index contributed by atoms with van der Waals surface area (Å²) in [6, 6.07) is -0.0411. The number of ether oxygens (including phenoxy) is 1. The lowest BCUT2D eigenvalue weighted by atomic mass is 9.61. The third-order valence-electron chi connectivity index (χ3n) is 6.61. The van der Waals surface area contributed by atoms with Gasteiger partial charge in [-0.3, -0.25) is 0 Å². The third kappa shape index (κ3) is 3.94. The summed E-state index contributed by atoms with van der Waals surface area (Å²) < 4.78 is 120. The quantitative estimate of drug-likeness (QED) is 0.394. The number of rotatable bonds is 4. The van der Waals surface area contributed by atoms with Crippen molar-refractivity contribution in [3.05, 3.63) is 58.8 Å². The Morgan fingerprint density at radius 3 is 2.32 bits per heavy atom. The number of fused-ring (bicyclic) bond motifs is 2. The second kappa shape index (κ2) is 8.40. The average Bonchev–Trinajstić information content (AvgIpc) is 2.78. The van der Waals surface area contributed by atoms with Crippen molar-refractivity contribution in [2.24, 2.45) is 0 Å². The maximum absolute atomic E-state index is 15.1. The number of benzene rings is 2. The first kappa shape index (κ1) is 26.8. The molecule has 1 aliphatic rings. The summed E-state index contributed by atoms with van der Waals surface area (Å²) in [5.74, 6) is -9.87. The van der Waals surface area contributed by atoms with Gasteiger partial charge in [-0.25, -0.2) is 23.1 Å². The summed E-state index contributed by atoms with van der Waals surface area (Å²) in [6.07, 6.45) is -6.38. The summed E-state index contributed by atoms with van der Waals surface area (Å²) >= 11 is 0. The molecule has 2 N–H and O–H groups in total. The van der Waals surface area contributed by atoms with E-state index in [9.17, 15) is 31.4 Å². The van der Waals surface area contributed by atoms with Gasteiger partial charge in [0.05, 0.1) is 13.2 Å². The molecule has 1 aromatic heterocycles. The van der Waals surface area contributed by atoms with Gasteiger partial charge in [-0.15, -0.1) is 0 Å². The van der Waals surface area contributed by atoms with Gasteiger partial charge in [-0.1, -0.05) is 19.9 Å². The number of anilines is 1. The molecule has 2 unspecified atom stereocenters. The van der Waals surface area contributed by atoms with Crippen LogP contribution in [0.1, 0.15) is 43.3 Å². The zero-order valence-corrected chi connectivity index (χ0v) is 19.9. The van der Waals surface area contributed by atoms with Crippen molar-refractivity contribution < 1.29 is 45.0 Å². The lowest BCUT2D eigenvalue weighted by molar-refractivity contribution is -0.349. The van der Waals surface area contributed by atoms with Gasteiger partial charge in [0, 0.05) is 28.9 Å². The first-order valence-electron chi connectivity index (χ1n) is 10.9. The van der Waals surface area contributed by atoms with E-state index >= 15 is 8.78 Å². The molecule has 5 nitrogen and oxygen atoms in total. The Morgan fingerprint density at radius 2 is 1.73 bits per heavy atom. The molecule has 1 heterocycles. The van der Waals surface area contributed by atoms with Gasteiger partial charge in [-0.05, 0) is 30.4 Å². The molecule has 0 bridgehead atoms. The van der Waals surface area contributed by atoms with Crippen LogP contribution in [0.25, 0.3) is 10.9 Å². The number of aryl methyl sites for hydroxylation is 1. The normalized spacial score (nSPS) is 21.6. The Balaban J connectivity index is 2.05. The monoisotopic (exact) mass is 535 g/mol. The molecular weight excluding hydrogens is 514 g/mol. The molecule has 4 rings (SSSR count). The van der Waals surface area contributed by atoms with E-state index in [1.807, 2.05) is 0 Å². The molecule has 0 fully saturated rings. The minimum atomic E-state index is -6.20. The van der Waals surface area contributed by atoms with Gasteiger partial charge < -0.3 is 15.2 Å². The fraction of sp³-hybridized carbons (Fsp3) is 0.417. The topological polar surface area (TPSA) is 67.3 Å². The minimum Gasteiger partial charge on any atom is -0.493 e. The molecule has 2 aromatic carbocycles. The van der Waals surface area contributed by atoms with E-state index < -0.39 is 70.0 Å². The number of methoxy groups -OCH3 is 1. The lowest BCUT2D eigenvalue weighted by Gasteiger charge is -2.51. The molecule has 0 saturated heterocycles. The summed E-state index contributed by atoms with van der Waals surface area (Å²) in [5, 5.41) is 13.3. The lowest BCUT2D eigenvalue weighted by Crippen LogP contribution is -2.65. The molecule has 200 valence electrons. The molecule has 2 atom stereocenters. The Labute approximate surface area is 205 Å². The maximum Gasteiger partial charge on any atom is 0.456 e. The van der Waals surface area contributed by atoms with Crippen LogP contribution >= 0.6 is 0 Å². The predicted octanol–water partition coefficient (Wildman–Crippen LogP) is 6.13. The van der Waals surface area contributed by atoms with Crippen molar-refractivity contribution in [1.29, 1.82) is 0 Å². The Morgan fingerprint density at radius 1 is 1.08 bits per heavy atom. The van der Waals surface area contributed by atoms with Gasteiger partial charge in [0.2, 0.25) is 0 Å². The van der Waals surface area contributed by atoms with Crippen LogP contribution in [-0.2, 0) is 5.41 Å². The molecule has 0 radical (unpaired) electrons. The van der Waals surface area contributed by atoms with E-state index in [2.05, 4.69) is 15.3 Å². The third-order valence-corrected chi connectivity index (χ3v) is 6.61. The number of alkyl halides is 5. The standard InChI is InChI=1S/C24H21F8N3O2/c1-10-33-8-12-15(7-14(26)17(27)18(12)34-10)35-20-11-5-6-13(25)19(37-4)16(11)21(2,3)9-22(20,36)23(28,29)24(30,31)32/h5-8,20,35-36H,9H2,1-4H3. The van der Waals surface area contributed by atoms with E-state index in [4.69, 9.17) is 4.74 Å². The Bertz CT molecular complexity index is 1390. The van der Waals surface area contributed by atoms with Crippen molar-refractivity contribution in [2.75, 3.05) is 12.4 Å². The first-order chi connectivity index (χ1) is 17.0. The van der Waals surface area contributed by atoms with Gasteiger partial charge >= 0.3 is 12.1 Å². The number of hydrogen-bond acceptors (Lipinski definition) is 5. The Kier molecular flexibility index (Phi) is 6.09. The fourth-order valence-corrected chi connectivity index (χ4v) is 5.06. The highest BCUT2D eigenvalue weighted by molar-refractivity contribution is 5.91. The first-order valence-corrected chi connectivity index (χ1v) is 10.9. The van der Waals surface area contributed by atoms with Crippen LogP contribution in [-0.4, -0.2) is 39.9 Å². The van der Waals surface area contributed by atoms with Crippen LogP contribution in [0.3, 0.4) is 0 Å². The number of halogens is 8. The van der Waals surface area contributed by atoms with Gasteiger partial charge in [0.1, 0.15) is 11.3 Å². The number of aromatic nitrogens is 2. The summed E-state index contributed by atoms with van der Waals surface area (Å²) in [7, 11) is 1.09. The van der Waals surface area contributed by atoms with Crippen molar-refractivity contribution in [2.45, 2.75) is 56.3 Å². The summed E-state index contributed by atoms with van der Waals surface area (Å²) in [4.78, 5) is 7.66. The number of nitrogens with zero attached hydrogens (tertiary/aromatic N) is 2. The van der Waals surface area contributed by atoms with E-state index in [1.54, 1.807) is 0 Å². The van der Waals surface area contributed by atoms with Crippen LogP contribution in [0.2, 0.25) is 0 Å². The highest BCUT2D eigenvalue weighted by Gasteiger charge is 2.74. The van der Waals surface area contributed by atoms with Crippen molar-refractivity contribution in [1.82, 2.24) is 9.97 Å². The second-order valence-corrected chi connectivity index (χ2v) is 9.58. The summed E-state index contributed by atoms with van der Waals surface area (Å²) in [5.41, 5.74) is -6.98. The molecule has 37 heavy (non-hydrogen) atoms. The number of nitrogens with one attached hydrogen (secondary N) is 1. The molecule has 1 aliphatic carbocycles. The molecule has 13 heteroatoms. The molecule has 0 spiro atoms. The van der Waals surface area contributed by atoms with Crippen molar-refractivity contribution in [3.8, 4) is 5.75 Å². The van der Waals surface area contributed by atoms with Gasteiger partial charge in [-0.2, -0.15) is 22.0 Å². The van der Waals surface area contributed by atoms with E-state index in [0.29, 0.717) is 6.07 Å². The smallest absolute Gasteiger partial charge is 0.456 e. The number of hydrogen-bond donors (Lipinski definition) is 2. The van der Waals surface area contributed by atoms with Gasteiger partial charge in [0.25, 0.3) is 0 Å². The molecular formula is C24H21F8N3O2. The highest BCUT2D eigenvalue weighted by Crippen LogP contribution is 2.59. The second-order valence-electron chi connectivity index (χ2n) is 9.58. The van der Waals surface area contributed by atoms with E-state index in [-0.39, 0.29) is 22.3 Å². The largest absolute Gasteiger partial charge is 0.493 e. The van der Waals surface area contributed by atoms with Gasteiger partial charge in [0.15, 0.2) is 28.8 Å². The predicted molar refractivity (Wildman–Crippen MR) is 117 cm³/mol. The zero-order chi connectivity index (χ0) is 27.7. The highest BCUT2D eigenvalue weighted by atomic mass is 19.4. The van der Waals surface area contributed by atoms with Crippen molar-refractivity contribution >= 4 is 16.6 Å². The van der Waals surface area contributed by atoms with E-state index in [0.717, 1.165) is 25.4 Å². The average molecular weight is 535 g/mol. The molecule has 0 aliphatic heterocycles. The summed E-state index contributed by atoms with van der Waals surface area (Å²) in [6.45, 7) is 3.88. The molecule has 3 aromatic rings. The molecule has 0 amide bonds. The Hall–Kier alpha value is -3.22. The minimum absolute atomic E-state index is 0.0352. The fourth-order valence-electron chi connectivity index (χ4n) is 5.06. The van der Waals surface area contributed by atoms with Crippen LogP contribution in [0.5, 0.6) is 5.75 Å². The molecule has 0 saturated carbocycles. The maximum atomic E-state index is 15.1. The number of aliphatic hydroxyl groups is 1. The van der Waals surface area contributed by atoms with Crippen LogP contribution in [0.15, 0.2) is 24.4 Å². The zero-order valence-electron chi connectivity index (χ0n) is 19.9. The van der Waals surface area contributed by atoms with Crippen LogP contribution < -0.4 is 10.1 Å². The van der Waals surface area contributed by atoms with Crippen LogP contribution in [0, 0.1) is 24.4 Å².